The van der Waals surface area contributed by atoms with Gasteiger partial charge in [0.1, 0.15) is 0 Å². The molecule has 1 fully saturated rings. The normalized spacial score (nSPS) is 22.6. The van der Waals surface area contributed by atoms with Gasteiger partial charge in [-0.15, -0.1) is 0 Å². The Morgan fingerprint density at radius 3 is 3.06 bits per heavy atom. The Hall–Kier alpha value is -0.580. The van der Waals surface area contributed by atoms with Gasteiger partial charge in [-0.3, -0.25) is 4.68 Å². The quantitative estimate of drug-likeness (QED) is 0.876. The molecule has 1 aromatic heterocycles. The molecule has 0 radical (unpaired) electrons. The van der Waals surface area contributed by atoms with Crippen LogP contribution in [-0.4, -0.2) is 30.0 Å². The molecule has 1 saturated heterocycles. The third-order valence-corrected chi connectivity index (χ3v) is 3.50. The summed E-state index contributed by atoms with van der Waals surface area (Å²) >= 11 is 6.15. The van der Waals surface area contributed by atoms with Crippen molar-refractivity contribution < 1.29 is 4.74 Å². The molecule has 5 heteroatoms. The molecule has 2 rings (SSSR count). The number of aryl methyl sites for hydroxylation is 1. The summed E-state index contributed by atoms with van der Waals surface area (Å²) in [5.41, 5.74) is 1.07. The molecule has 1 N–H and O–H groups in total. The van der Waals surface area contributed by atoms with Gasteiger partial charge in [0.05, 0.1) is 23.0 Å². The smallest absolute Gasteiger partial charge is 0.0833 e. The van der Waals surface area contributed by atoms with Crippen LogP contribution in [0.5, 0.6) is 0 Å². The van der Waals surface area contributed by atoms with Gasteiger partial charge in [-0.1, -0.05) is 11.6 Å². The number of aromatic nitrogens is 2. The van der Waals surface area contributed by atoms with E-state index in [-0.39, 0.29) is 6.04 Å². The maximum atomic E-state index is 6.15. The molecule has 4 nitrogen and oxygen atoms in total. The van der Waals surface area contributed by atoms with Crippen LogP contribution in [0.1, 0.15) is 24.6 Å². The van der Waals surface area contributed by atoms with E-state index in [1.54, 1.807) is 6.20 Å². The summed E-state index contributed by atoms with van der Waals surface area (Å²) in [6.07, 6.45) is 3.90. The van der Waals surface area contributed by atoms with Crippen LogP contribution in [0, 0.1) is 5.92 Å². The van der Waals surface area contributed by atoms with E-state index in [1.807, 2.05) is 18.8 Å². The molecule has 2 atom stereocenters. The number of hydrogen-bond donors (Lipinski definition) is 1. The maximum absolute atomic E-state index is 6.15. The molecule has 2 unspecified atom stereocenters. The minimum atomic E-state index is 0.256. The first-order chi connectivity index (χ1) is 7.72. The van der Waals surface area contributed by atoms with Gasteiger partial charge in [0, 0.05) is 20.3 Å². The molecule has 0 aromatic carbocycles. The van der Waals surface area contributed by atoms with Crippen molar-refractivity contribution >= 4 is 11.6 Å². The molecular weight excluding hydrogens is 226 g/mol. The zero-order chi connectivity index (χ0) is 11.5. The van der Waals surface area contributed by atoms with Crippen molar-refractivity contribution in [2.45, 2.75) is 18.9 Å². The lowest BCUT2D eigenvalue weighted by molar-refractivity contribution is 0.181. The molecule has 0 spiro atoms. The Kier molecular flexibility index (Phi) is 3.84. The number of rotatable bonds is 4. The van der Waals surface area contributed by atoms with E-state index in [0.29, 0.717) is 5.92 Å². The Balaban J connectivity index is 2.09. The van der Waals surface area contributed by atoms with Crippen LogP contribution < -0.4 is 5.32 Å². The fraction of sp³-hybridized carbons (Fsp3) is 0.727. The van der Waals surface area contributed by atoms with Crippen LogP contribution in [0.4, 0.5) is 0 Å². The number of ether oxygens (including phenoxy) is 1. The zero-order valence-corrected chi connectivity index (χ0v) is 10.5. The Bertz CT molecular complexity index is 327. The van der Waals surface area contributed by atoms with Crippen LogP contribution in [0.2, 0.25) is 5.02 Å². The van der Waals surface area contributed by atoms with Gasteiger partial charge in [-0.2, -0.15) is 5.10 Å². The molecule has 1 aliphatic heterocycles. The summed E-state index contributed by atoms with van der Waals surface area (Å²) in [7, 11) is 3.89. The molecule has 1 aromatic rings. The molecule has 0 bridgehead atoms. The Morgan fingerprint density at radius 2 is 2.56 bits per heavy atom. The summed E-state index contributed by atoms with van der Waals surface area (Å²) in [6.45, 7) is 1.76. The number of hydrogen-bond acceptors (Lipinski definition) is 3. The van der Waals surface area contributed by atoms with Gasteiger partial charge in [0.15, 0.2) is 0 Å². The highest BCUT2D eigenvalue weighted by Crippen LogP contribution is 2.29. The average molecular weight is 244 g/mol. The summed E-state index contributed by atoms with van der Waals surface area (Å²) < 4.78 is 7.24. The second-order valence-electron chi connectivity index (χ2n) is 4.31. The van der Waals surface area contributed by atoms with E-state index in [0.717, 1.165) is 36.8 Å². The van der Waals surface area contributed by atoms with Crippen molar-refractivity contribution in [3.05, 3.63) is 16.9 Å². The van der Waals surface area contributed by atoms with Gasteiger partial charge in [0.25, 0.3) is 0 Å². The standard InChI is InChI=1S/C11H18ClN3O/c1-13-10(5-8-3-4-16-7-8)11-9(12)6-14-15(11)2/h6,8,10,13H,3-5,7H2,1-2H3. The van der Waals surface area contributed by atoms with E-state index >= 15 is 0 Å². The third kappa shape index (κ3) is 2.39. The van der Waals surface area contributed by atoms with E-state index in [4.69, 9.17) is 16.3 Å². The van der Waals surface area contributed by atoms with Crippen molar-refractivity contribution in [2.75, 3.05) is 20.3 Å². The molecule has 1 aliphatic rings. The highest BCUT2D eigenvalue weighted by Gasteiger charge is 2.24. The van der Waals surface area contributed by atoms with Crippen LogP contribution in [-0.2, 0) is 11.8 Å². The molecule has 0 aliphatic carbocycles. The molecule has 90 valence electrons. The minimum Gasteiger partial charge on any atom is -0.381 e. The molecule has 16 heavy (non-hydrogen) atoms. The first-order valence-electron chi connectivity index (χ1n) is 5.64. The van der Waals surface area contributed by atoms with E-state index in [2.05, 4.69) is 10.4 Å². The number of halogens is 1. The maximum Gasteiger partial charge on any atom is 0.0833 e. The molecule has 2 heterocycles. The van der Waals surface area contributed by atoms with Crippen LogP contribution in [0.25, 0.3) is 0 Å². The number of nitrogens with one attached hydrogen (secondary N) is 1. The third-order valence-electron chi connectivity index (χ3n) is 3.21. The summed E-state index contributed by atoms with van der Waals surface area (Å²) in [5, 5.41) is 8.22. The lowest BCUT2D eigenvalue weighted by Gasteiger charge is -2.20. The predicted molar refractivity (Wildman–Crippen MR) is 63.6 cm³/mol. The fourth-order valence-corrected chi connectivity index (χ4v) is 2.58. The van der Waals surface area contributed by atoms with Gasteiger partial charge < -0.3 is 10.1 Å². The van der Waals surface area contributed by atoms with Crippen LogP contribution >= 0.6 is 11.6 Å². The topological polar surface area (TPSA) is 39.1 Å². The van der Waals surface area contributed by atoms with Crippen LogP contribution in [0.15, 0.2) is 6.20 Å². The summed E-state index contributed by atoms with van der Waals surface area (Å²) in [6, 6.07) is 0.256. The van der Waals surface area contributed by atoms with Gasteiger partial charge >= 0.3 is 0 Å². The van der Waals surface area contributed by atoms with Crippen molar-refractivity contribution in [3.8, 4) is 0 Å². The highest BCUT2D eigenvalue weighted by atomic mass is 35.5. The van der Waals surface area contributed by atoms with Crippen molar-refractivity contribution in [1.82, 2.24) is 15.1 Å². The molecular formula is C11H18ClN3O. The van der Waals surface area contributed by atoms with Crippen molar-refractivity contribution in [3.63, 3.8) is 0 Å². The van der Waals surface area contributed by atoms with Crippen molar-refractivity contribution in [1.29, 1.82) is 0 Å². The van der Waals surface area contributed by atoms with Gasteiger partial charge in [-0.25, -0.2) is 0 Å². The highest BCUT2D eigenvalue weighted by molar-refractivity contribution is 6.31. The predicted octanol–water partition coefficient (Wildman–Crippen LogP) is 1.76. The summed E-state index contributed by atoms with van der Waals surface area (Å²) in [4.78, 5) is 0. The first kappa shape index (κ1) is 11.9. The minimum absolute atomic E-state index is 0.256. The fourth-order valence-electron chi connectivity index (χ4n) is 2.28. The van der Waals surface area contributed by atoms with E-state index in [1.165, 1.54) is 0 Å². The lowest BCUT2D eigenvalue weighted by Crippen LogP contribution is -2.23. The average Bonchev–Trinajstić information content (AvgIpc) is 2.87. The lowest BCUT2D eigenvalue weighted by atomic mass is 9.97. The monoisotopic (exact) mass is 243 g/mol. The second kappa shape index (κ2) is 5.17. The SMILES string of the molecule is CNC(CC1CCOC1)c1c(Cl)cnn1C. The van der Waals surface area contributed by atoms with Crippen molar-refractivity contribution in [2.24, 2.45) is 13.0 Å². The molecule has 0 amide bonds. The van der Waals surface area contributed by atoms with Crippen LogP contribution in [0.3, 0.4) is 0 Å². The Labute approximate surface area is 101 Å². The van der Waals surface area contributed by atoms with E-state index < -0.39 is 0 Å². The molecule has 0 saturated carbocycles. The largest absolute Gasteiger partial charge is 0.381 e. The summed E-state index contributed by atoms with van der Waals surface area (Å²) in [5.74, 6) is 0.628. The second-order valence-corrected chi connectivity index (χ2v) is 4.72. The van der Waals surface area contributed by atoms with Gasteiger partial charge in [0.2, 0.25) is 0 Å². The number of nitrogens with zero attached hydrogens (tertiary/aromatic N) is 2. The van der Waals surface area contributed by atoms with Gasteiger partial charge in [-0.05, 0) is 25.8 Å². The zero-order valence-electron chi connectivity index (χ0n) is 9.74. The Morgan fingerprint density at radius 1 is 1.75 bits per heavy atom. The van der Waals surface area contributed by atoms with E-state index in [9.17, 15) is 0 Å². The first-order valence-corrected chi connectivity index (χ1v) is 6.02.